The van der Waals surface area contributed by atoms with Gasteiger partial charge in [0.25, 0.3) is 0 Å². The van der Waals surface area contributed by atoms with E-state index < -0.39 is 0 Å². The molecule has 26 heavy (non-hydrogen) atoms. The molecule has 1 saturated heterocycles. The number of piperidine rings is 1. The summed E-state index contributed by atoms with van der Waals surface area (Å²) in [7, 11) is 2.15. The van der Waals surface area contributed by atoms with Crippen molar-refractivity contribution in [3.05, 3.63) is 23.3 Å². The van der Waals surface area contributed by atoms with Crippen molar-refractivity contribution in [2.75, 3.05) is 26.7 Å². The summed E-state index contributed by atoms with van der Waals surface area (Å²) in [5.41, 5.74) is 2.50. The third-order valence-corrected chi connectivity index (χ3v) is 7.18. The number of hydrogen-bond acceptors (Lipinski definition) is 4. The fourth-order valence-electron chi connectivity index (χ4n) is 5.63. The first kappa shape index (κ1) is 16.7. The van der Waals surface area contributed by atoms with Crippen molar-refractivity contribution in [2.24, 2.45) is 17.8 Å². The largest absolute Gasteiger partial charge is 0.342 e. The molecule has 5 rings (SSSR count). The van der Waals surface area contributed by atoms with Crippen molar-refractivity contribution in [1.82, 2.24) is 19.8 Å². The van der Waals surface area contributed by atoms with E-state index in [2.05, 4.69) is 16.8 Å². The van der Waals surface area contributed by atoms with Crippen LogP contribution in [0.5, 0.6) is 0 Å². The van der Waals surface area contributed by atoms with Crippen molar-refractivity contribution < 1.29 is 4.79 Å². The highest BCUT2D eigenvalue weighted by atomic mass is 16.2. The Kier molecular flexibility index (Phi) is 4.23. The third kappa shape index (κ3) is 2.94. The zero-order valence-electron chi connectivity index (χ0n) is 15.9. The van der Waals surface area contributed by atoms with Gasteiger partial charge in [-0.15, -0.1) is 0 Å². The average molecular weight is 354 g/mol. The molecule has 0 bridgehead atoms. The van der Waals surface area contributed by atoms with E-state index in [1.54, 1.807) is 0 Å². The van der Waals surface area contributed by atoms with Gasteiger partial charge in [-0.3, -0.25) is 4.79 Å². The quantitative estimate of drug-likeness (QED) is 0.819. The molecule has 0 aromatic carbocycles. The second-order valence-corrected chi connectivity index (χ2v) is 8.95. The molecule has 2 aliphatic carbocycles. The molecule has 3 heterocycles. The molecular weight excluding hydrogens is 324 g/mol. The molecule has 1 unspecified atom stereocenters. The van der Waals surface area contributed by atoms with E-state index in [-0.39, 0.29) is 0 Å². The van der Waals surface area contributed by atoms with Crippen LogP contribution in [0.2, 0.25) is 0 Å². The lowest BCUT2D eigenvalue weighted by Gasteiger charge is -2.33. The number of carbonyl (C=O) groups is 1. The minimum atomic E-state index is 0.318. The van der Waals surface area contributed by atoms with Gasteiger partial charge in [-0.1, -0.05) is 12.8 Å². The molecule has 0 N–H and O–H groups in total. The summed E-state index contributed by atoms with van der Waals surface area (Å²) >= 11 is 0. The average Bonchev–Trinajstić information content (AvgIpc) is 3.41. The summed E-state index contributed by atoms with van der Waals surface area (Å²) in [6.07, 6.45) is 10.5. The maximum Gasteiger partial charge on any atom is 0.226 e. The SMILES string of the molecule is CN1CCc2nc([C@H]3CCCN(C(=O)C4[C@H]5CCCC[C@@H]45)C3)ncc2C1. The second-order valence-electron chi connectivity index (χ2n) is 8.95. The lowest BCUT2D eigenvalue weighted by Crippen LogP contribution is -2.41. The summed E-state index contributed by atoms with van der Waals surface area (Å²) in [6.45, 7) is 3.78. The second kappa shape index (κ2) is 6.59. The first-order valence-corrected chi connectivity index (χ1v) is 10.5. The van der Waals surface area contributed by atoms with Crippen LogP contribution in [0.1, 0.15) is 61.5 Å². The number of likely N-dealkylation sites (N-methyl/N-ethyl adjacent to an activating group) is 1. The van der Waals surface area contributed by atoms with Crippen molar-refractivity contribution in [3.8, 4) is 0 Å². The molecule has 2 saturated carbocycles. The van der Waals surface area contributed by atoms with E-state index in [4.69, 9.17) is 9.97 Å². The Balaban J connectivity index is 1.28. The first-order chi connectivity index (χ1) is 12.7. The molecule has 0 radical (unpaired) electrons. The van der Waals surface area contributed by atoms with Gasteiger partial charge in [0.2, 0.25) is 5.91 Å². The molecule has 3 fully saturated rings. The Bertz CT molecular complexity index is 693. The van der Waals surface area contributed by atoms with Gasteiger partial charge < -0.3 is 9.80 Å². The molecule has 2 aliphatic heterocycles. The number of fused-ring (bicyclic) bond motifs is 2. The lowest BCUT2D eigenvalue weighted by atomic mass is 9.96. The predicted molar refractivity (Wildman–Crippen MR) is 99.6 cm³/mol. The van der Waals surface area contributed by atoms with Crippen LogP contribution in [0.3, 0.4) is 0 Å². The standard InChI is InChI=1S/C21H30N4O/c1-24-10-8-18-15(12-24)11-22-20(23-18)14-5-4-9-25(13-14)21(26)19-16-6-2-3-7-17(16)19/h11,14,16-17,19H,2-10,12-13H2,1H3/t14-,16-,17+,19?/m0/s1. The van der Waals surface area contributed by atoms with Crippen LogP contribution in [0.15, 0.2) is 6.20 Å². The van der Waals surface area contributed by atoms with Gasteiger partial charge >= 0.3 is 0 Å². The number of carbonyl (C=O) groups excluding carboxylic acids is 1. The highest BCUT2D eigenvalue weighted by Gasteiger charge is 2.56. The number of hydrogen-bond donors (Lipinski definition) is 0. The molecule has 1 aromatic rings. The van der Waals surface area contributed by atoms with Crippen LogP contribution in [0, 0.1) is 17.8 Å². The van der Waals surface area contributed by atoms with E-state index in [9.17, 15) is 4.79 Å². The van der Waals surface area contributed by atoms with E-state index >= 15 is 0 Å². The monoisotopic (exact) mass is 354 g/mol. The minimum Gasteiger partial charge on any atom is -0.342 e. The third-order valence-electron chi connectivity index (χ3n) is 7.18. The molecule has 4 aliphatic rings. The van der Waals surface area contributed by atoms with Crippen LogP contribution in [-0.4, -0.2) is 52.4 Å². The van der Waals surface area contributed by atoms with Crippen molar-refractivity contribution in [3.63, 3.8) is 0 Å². The Hall–Kier alpha value is -1.49. The van der Waals surface area contributed by atoms with Gasteiger partial charge in [-0.25, -0.2) is 9.97 Å². The Morgan fingerprint density at radius 1 is 1.12 bits per heavy atom. The Labute approximate surface area is 156 Å². The number of amides is 1. The number of rotatable bonds is 2. The van der Waals surface area contributed by atoms with Gasteiger partial charge in [0.15, 0.2) is 0 Å². The highest BCUT2D eigenvalue weighted by Crippen LogP contribution is 2.56. The van der Waals surface area contributed by atoms with Gasteiger partial charge in [-0.05, 0) is 44.6 Å². The molecule has 5 heteroatoms. The number of likely N-dealkylation sites (tertiary alicyclic amines) is 1. The summed E-state index contributed by atoms with van der Waals surface area (Å²) in [4.78, 5) is 27.1. The normalized spacial score (nSPS) is 34.1. The zero-order chi connectivity index (χ0) is 17.7. The summed E-state index contributed by atoms with van der Waals surface area (Å²) in [6, 6.07) is 0. The van der Waals surface area contributed by atoms with Crippen molar-refractivity contribution in [1.29, 1.82) is 0 Å². The maximum absolute atomic E-state index is 13.1. The van der Waals surface area contributed by atoms with E-state index in [1.807, 2.05) is 6.20 Å². The molecule has 5 nitrogen and oxygen atoms in total. The minimum absolute atomic E-state index is 0.318. The Morgan fingerprint density at radius 3 is 2.73 bits per heavy atom. The highest BCUT2D eigenvalue weighted by molar-refractivity contribution is 5.82. The lowest BCUT2D eigenvalue weighted by molar-refractivity contribution is -0.134. The van der Waals surface area contributed by atoms with Crippen molar-refractivity contribution >= 4 is 5.91 Å². The van der Waals surface area contributed by atoms with Gasteiger partial charge in [0.1, 0.15) is 5.82 Å². The molecule has 140 valence electrons. The van der Waals surface area contributed by atoms with E-state index in [1.165, 1.54) is 36.9 Å². The summed E-state index contributed by atoms with van der Waals surface area (Å²) in [5.74, 6) is 3.47. The fraction of sp³-hybridized carbons (Fsp3) is 0.762. The van der Waals surface area contributed by atoms with Crippen LogP contribution < -0.4 is 0 Å². The van der Waals surface area contributed by atoms with Crippen LogP contribution in [0.4, 0.5) is 0 Å². The summed E-state index contributed by atoms with van der Waals surface area (Å²) < 4.78 is 0. The summed E-state index contributed by atoms with van der Waals surface area (Å²) in [5, 5.41) is 0. The number of nitrogens with zero attached hydrogens (tertiary/aromatic N) is 4. The van der Waals surface area contributed by atoms with Gasteiger partial charge in [0.05, 0.1) is 0 Å². The smallest absolute Gasteiger partial charge is 0.226 e. The molecule has 1 aromatic heterocycles. The van der Waals surface area contributed by atoms with Gasteiger partial charge in [-0.2, -0.15) is 0 Å². The van der Waals surface area contributed by atoms with Crippen molar-refractivity contribution in [2.45, 2.75) is 57.4 Å². The first-order valence-electron chi connectivity index (χ1n) is 10.5. The predicted octanol–water partition coefficient (Wildman–Crippen LogP) is 2.61. The fourth-order valence-corrected chi connectivity index (χ4v) is 5.63. The number of aromatic nitrogens is 2. The van der Waals surface area contributed by atoms with Crippen LogP contribution >= 0.6 is 0 Å². The molecule has 4 atom stereocenters. The molecule has 1 amide bonds. The van der Waals surface area contributed by atoms with E-state index in [0.717, 1.165) is 51.3 Å². The maximum atomic E-state index is 13.1. The van der Waals surface area contributed by atoms with Crippen LogP contribution in [-0.2, 0) is 17.8 Å². The van der Waals surface area contributed by atoms with E-state index in [0.29, 0.717) is 29.6 Å². The topological polar surface area (TPSA) is 49.3 Å². The molecular formula is C21H30N4O. The van der Waals surface area contributed by atoms with Gasteiger partial charge in [0, 0.05) is 61.9 Å². The Morgan fingerprint density at radius 2 is 1.92 bits per heavy atom. The zero-order valence-corrected chi connectivity index (χ0v) is 15.9. The van der Waals surface area contributed by atoms with Crippen LogP contribution in [0.25, 0.3) is 0 Å². The molecule has 0 spiro atoms.